The number of carbonyl (C=O) groups is 1. The number of halogens is 1. The molecule has 0 radical (unpaired) electrons. The molecule has 0 atom stereocenters. The summed E-state index contributed by atoms with van der Waals surface area (Å²) in [6.07, 6.45) is 3.42. The first-order valence-electron chi connectivity index (χ1n) is 4.71. The molecule has 2 aromatic rings. The average molecular weight is 238 g/mol. The highest BCUT2D eigenvalue weighted by Gasteiger charge is 2.09. The predicted molar refractivity (Wildman–Crippen MR) is 54.2 cm³/mol. The molecule has 0 aliphatic carbocycles. The Kier molecular flexibility index (Phi) is 4.19. The van der Waals surface area contributed by atoms with Crippen LogP contribution in [0.2, 0.25) is 0 Å². The molecule has 0 aliphatic rings. The molecule has 0 saturated carbocycles. The van der Waals surface area contributed by atoms with Crippen molar-refractivity contribution in [2.75, 3.05) is 0 Å². The second kappa shape index (κ2) is 5.42. The van der Waals surface area contributed by atoms with Crippen LogP contribution >= 0.6 is 0 Å². The van der Waals surface area contributed by atoms with Gasteiger partial charge in [0.05, 0.1) is 7.05 Å². The van der Waals surface area contributed by atoms with E-state index in [9.17, 15) is 4.79 Å². The zero-order chi connectivity index (χ0) is 10.7. The number of rotatable bonds is 3. The van der Waals surface area contributed by atoms with Gasteiger partial charge in [-0.3, -0.25) is 4.79 Å². The van der Waals surface area contributed by atoms with Crippen LogP contribution in [-0.2, 0) is 13.6 Å². The summed E-state index contributed by atoms with van der Waals surface area (Å²) in [6, 6.07) is 9.26. The molecule has 0 fully saturated rings. The van der Waals surface area contributed by atoms with E-state index in [1.54, 1.807) is 21.9 Å². The van der Waals surface area contributed by atoms with Gasteiger partial charge in [-0.2, -0.15) is 0 Å². The molecular weight excluding hydrogens is 226 g/mol. The number of aromatic nitrogens is 3. The second-order valence-electron chi connectivity index (χ2n) is 3.38. The minimum absolute atomic E-state index is 0. The molecule has 16 heavy (non-hydrogen) atoms. The molecule has 0 aliphatic heterocycles. The van der Waals surface area contributed by atoms with Gasteiger partial charge in [-0.15, -0.1) is 4.68 Å². The third-order valence-electron chi connectivity index (χ3n) is 2.12. The van der Waals surface area contributed by atoms with Crippen LogP contribution in [0.1, 0.15) is 10.4 Å². The Labute approximate surface area is 99.9 Å². The van der Waals surface area contributed by atoms with Crippen LogP contribution in [0.15, 0.2) is 43.0 Å². The van der Waals surface area contributed by atoms with Crippen molar-refractivity contribution in [2.45, 2.75) is 6.54 Å². The van der Waals surface area contributed by atoms with Crippen LogP contribution in [-0.4, -0.2) is 15.6 Å². The summed E-state index contributed by atoms with van der Waals surface area (Å²) < 4.78 is 3.42. The number of aryl methyl sites for hydroxylation is 1. The standard InChI is InChI=1S/C11H12N3O.ClH/c1-13-9-14(8-12-13)7-11(15)10-5-3-2-4-6-10;/h2-6,8-9H,7H2,1H3;1H/q+1;/p-1. The fraction of sp³-hybridized carbons (Fsp3) is 0.182. The van der Waals surface area contributed by atoms with E-state index < -0.39 is 0 Å². The van der Waals surface area contributed by atoms with Gasteiger partial charge >= 0.3 is 0 Å². The molecule has 0 unspecified atom stereocenters. The van der Waals surface area contributed by atoms with Crippen molar-refractivity contribution >= 4 is 5.78 Å². The minimum atomic E-state index is 0. The van der Waals surface area contributed by atoms with Gasteiger partial charge in [-0.05, 0) is 0 Å². The number of nitrogens with zero attached hydrogens (tertiary/aromatic N) is 3. The summed E-state index contributed by atoms with van der Waals surface area (Å²) in [7, 11) is 1.82. The van der Waals surface area contributed by atoms with Crippen molar-refractivity contribution in [3.05, 3.63) is 48.5 Å². The van der Waals surface area contributed by atoms with Crippen LogP contribution < -0.4 is 17.0 Å². The maximum Gasteiger partial charge on any atom is 0.265 e. The molecule has 0 saturated heterocycles. The van der Waals surface area contributed by atoms with Crippen LogP contribution in [0.4, 0.5) is 0 Å². The van der Waals surface area contributed by atoms with Crippen LogP contribution in [0.3, 0.4) is 0 Å². The maximum atomic E-state index is 11.8. The third kappa shape index (κ3) is 2.90. The second-order valence-corrected chi connectivity index (χ2v) is 3.38. The topological polar surface area (TPSA) is 38.8 Å². The van der Waals surface area contributed by atoms with Crippen LogP contribution in [0.25, 0.3) is 0 Å². The molecule has 84 valence electrons. The van der Waals surface area contributed by atoms with E-state index in [4.69, 9.17) is 0 Å². The number of benzene rings is 1. The first-order valence-corrected chi connectivity index (χ1v) is 4.71. The summed E-state index contributed by atoms with van der Waals surface area (Å²) in [4.78, 5) is 11.8. The smallest absolute Gasteiger partial charge is 0.265 e. The fourth-order valence-electron chi connectivity index (χ4n) is 1.38. The highest BCUT2D eigenvalue weighted by atomic mass is 35.5. The van der Waals surface area contributed by atoms with E-state index in [0.29, 0.717) is 6.54 Å². The van der Waals surface area contributed by atoms with Crippen LogP contribution in [0.5, 0.6) is 0 Å². The zero-order valence-electron chi connectivity index (χ0n) is 8.88. The lowest BCUT2D eigenvalue weighted by atomic mass is 10.1. The molecule has 0 bridgehead atoms. The first-order chi connectivity index (χ1) is 7.25. The number of Topliss-reactive ketones (excluding diaryl/α,β-unsaturated/α-hetero) is 1. The van der Waals surface area contributed by atoms with E-state index in [2.05, 4.69) is 5.10 Å². The number of ketones is 1. The lowest BCUT2D eigenvalue weighted by molar-refractivity contribution is -0.683. The molecule has 4 nitrogen and oxygen atoms in total. The number of hydrogen-bond donors (Lipinski definition) is 0. The molecule has 0 N–H and O–H groups in total. The van der Waals surface area contributed by atoms with E-state index in [1.807, 2.05) is 37.4 Å². The van der Waals surface area contributed by atoms with Gasteiger partial charge in [0.25, 0.3) is 6.33 Å². The Hall–Kier alpha value is -1.68. The summed E-state index contributed by atoms with van der Waals surface area (Å²) in [5.41, 5.74) is 0.730. The first kappa shape index (κ1) is 12.4. The Morgan fingerprint density at radius 3 is 2.62 bits per heavy atom. The monoisotopic (exact) mass is 237 g/mol. The van der Waals surface area contributed by atoms with Gasteiger partial charge in [-0.25, -0.2) is 4.57 Å². The van der Waals surface area contributed by atoms with Crippen molar-refractivity contribution in [1.82, 2.24) is 9.78 Å². The molecule has 0 amide bonds. The van der Waals surface area contributed by atoms with Gasteiger partial charge in [-0.1, -0.05) is 30.3 Å². The van der Waals surface area contributed by atoms with E-state index in [-0.39, 0.29) is 18.2 Å². The van der Waals surface area contributed by atoms with Crippen molar-refractivity contribution in [1.29, 1.82) is 0 Å². The molecule has 1 aromatic carbocycles. The predicted octanol–water partition coefficient (Wildman–Crippen LogP) is -2.41. The van der Waals surface area contributed by atoms with Gasteiger partial charge in [0.1, 0.15) is 6.54 Å². The summed E-state index contributed by atoms with van der Waals surface area (Å²) in [5.74, 6) is 0.0913. The van der Waals surface area contributed by atoms with Crippen molar-refractivity contribution in [3.63, 3.8) is 0 Å². The molecule has 1 heterocycles. The van der Waals surface area contributed by atoms with Crippen LogP contribution in [0, 0.1) is 0 Å². The van der Waals surface area contributed by atoms with Gasteiger partial charge < -0.3 is 12.4 Å². The van der Waals surface area contributed by atoms with Crippen molar-refractivity contribution < 1.29 is 21.8 Å². The van der Waals surface area contributed by atoms with Crippen molar-refractivity contribution in [3.8, 4) is 0 Å². The minimum Gasteiger partial charge on any atom is -1.00 e. The largest absolute Gasteiger partial charge is 1.00 e. The number of hydrogen-bond acceptors (Lipinski definition) is 2. The van der Waals surface area contributed by atoms with E-state index in [1.165, 1.54) is 0 Å². The van der Waals surface area contributed by atoms with Crippen molar-refractivity contribution in [2.24, 2.45) is 7.05 Å². The SMILES string of the molecule is Cn1c[n+](CC(=O)c2ccccc2)cn1.[Cl-]. The van der Waals surface area contributed by atoms with Gasteiger partial charge in [0.15, 0.2) is 5.78 Å². The number of carbonyl (C=O) groups excluding carboxylic acids is 1. The maximum absolute atomic E-state index is 11.8. The molecule has 5 heteroatoms. The third-order valence-corrected chi connectivity index (χ3v) is 2.12. The highest BCUT2D eigenvalue weighted by Crippen LogP contribution is 1.99. The summed E-state index contributed by atoms with van der Waals surface area (Å²) in [5, 5.41) is 3.99. The molecule has 2 rings (SSSR count). The Balaban J connectivity index is 0.00000128. The summed E-state index contributed by atoms with van der Waals surface area (Å²) >= 11 is 0. The van der Waals surface area contributed by atoms with E-state index >= 15 is 0 Å². The van der Waals surface area contributed by atoms with Gasteiger partial charge in [0.2, 0.25) is 6.33 Å². The average Bonchev–Trinajstić information content (AvgIpc) is 2.65. The molecular formula is C11H12ClN3O. The van der Waals surface area contributed by atoms with Gasteiger partial charge in [0, 0.05) is 10.7 Å². The Morgan fingerprint density at radius 1 is 1.38 bits per heavy atom. The Morgan fingerprint density at radius 2 is 2.06 bits per heavy atom. The zero-order valence-corrected chi connectivity index (χ0v) is 9.63. The Bertz CT molecular complexity index is 467. The molecule has 0 spiro atoms. The quantitative estimate of drug-likeness (QED) is 0.441. The summed E-state index contributed by atoms with van der Waals surface area (Å²) in [6.45, 7) is 0.331. The molecule has 1 aromatic heterocycles. The lowest BCUT2D eigenvalue weighted by Gasteiger charge is -1.97. The normalized spacial score (nSPS) is 9.56. The van der Waals surface area contributed by atoms with E-state index in [0.717, 1.165) is 5.56 Å². The highest BCUT2D eigenvalue weighted by molar-refractivity contribution is 5.94. The fourth-order valence-corrected chi connectivity index (χ4v) is 1.38. The lowest BCUT2D eigenvalue weighted by Crippen LogP contribution is -3.00.